The molecule has 29 heavy (non-hydrogen) atoms. The summed E-state index contributed by atoms with van der Waals surface area (Å²) in [7, 11) is 0. The third kappa shape index (κ3) is 2.89. The van der Waals surface area contributed by atoms with E-state index in [9.17, 15) is 18.0 Å². The van der Waals surface area contributed by atoms with E-state index in [-0.39, 0.29) is 0 Å². The van der Waals surface area contributed by atoms with Crippen LogP contribution in [0.5, 0.6) is 0 Å². The number of oxazole rings is 1. The van der Waals surface area contributed by atoms with Crippen LogP contribution in [0.3, 0.4) is 0 Å². The van der Waals surface area contributed by atoms with Crippen LogP contribution in [0.15, 0.2) is 75.9 Å². The molecule has 3 aromatic carbocycles. The molecule has 0 saturated carbocycles. The van der Waals surface area contributed by atoms with Crippen LogP contribution in [0.4, 0.5) is 13.2 Å². The van der Waals surface area contributed by atoms with E-state index in [1.165, 1.54) is 10.6 Å². The van der Waals surface area contributed by atoms with Crippen LogP contribution < -0.4 is 5.76 Å². The molecule has 0 fully saturated rings. The van der Waals surface area contributed by atoms with Gasteiger partial charge in [-0.2, -0.15) is 13.2 Å². The van der Waals surface area contributed by atoms with Gasteiger partial charge in [-0.05, 0) is 54.6 Å². The Bertz CT molecular complexity index is 1410. The number of rotatable bonds is 2. The minimum Gasteiger partial charge on any atom is -0.407 e. The van der Waals surface area contributed by atoms with Crippen molar-refractivity contribution >= 4 is 22.1 Å². The fraction of sp³-hybridized carbons (Fsp3) is 0.0476. The number of aromatic amines is 1. The fourth-order valence-electron chi connectivity index (χ4n) is 3.30. The molecule has 1 N–H and O–H groups in total. The zero-order chi connectivity index (χ0) is 20.2. The van der Waals surface area contributed by atoms with E-state index in [0.717, 1.165) is 12.1 Å². The summed E-state index contributed by atoms with van der Waals surface area (Å²) in [6.07, 6.45) is -4.41. The van der Waals surface area contributed by atoms with Gasteiger partial charge in [0, 0.05) is 5.56 Å². The van der Waals surface area contributed by atoms with E-state index in [2.05, 4.69) is 9.97 Å². The lowest BCUT2D eigenvalue weighted by molar-refractivity contribution is -0.137. The standard InChI is InChI=1S/C21H12F3N3O2/c22-21(23,24)13-7-10-15-16(11-13)26-19(25-15)12-5-8-14(9-6-12)27-17-3-1-2-4-18(17)29-20(27)28/h1-11H,(H,25,26). The smallest absolute Gasteiger partial charge is 0.407 e. The van der Waals surface area contributed by atoms with Gasteiger partial charge in [0.2, 0.25) is 0 Å². The number of hydrogen-bond acceptors (Lipinski definition) is 3. The van der Waals surface area contributed by atoms with Crippen LogP contribution in [0.25, 0.3) is 39.2 Å². The largest absolute Gasteiger partial charge is 0.424 e. The third-order valence-electron chi connectivity index (χ3n) is 4.69. The first-order valence-electron chi connectivity index (χ1n) is 8.68. The normalized spacial score (nSPS) is 12.1. The molecule has 0 aliphatic heterocycles. The second-order valence-electron chi connectivity index (χ2n) is 6.53. The quantitative estimate of drug-likeness (QED) is 0.450. The van der Waals surface area contributed by atoms with E-state index in [0.29, 0.717) is 39.2 Å². The molecule has 0 aliphatic rings. The number of nitrogens with zero attached hydrogens (tertiary/aromatic N) is 2. The van der Waals surface area contributed by atoms with Crippen molar-refractivity contribution in [3.63, 3.8) is 0 Å². The highest BCUT2D eigenvalue weighted by Crippen LogP contribution is 2.32. The third-order valence-corrected chi connectivity index (χ3v) is 4.69. The summed E-state index contributed by atoms with van der Waals surface area (Å²) in [6, 6.07) is 17.4. The van der Waals surface area contributed by atoms with Crippen molar-refractivity contribution < 1.29 is 17.6 Å². The highest BCUT2D eigenvalue weighted by Gasteiger charge is 2.30. The van der Waals surface area contributed by atoms with Crippen molar-refractivity contribution in [2.75, 3.05) is 0 Å². The first kappa shape index (κ1) is 17.3. The Kier molecular flexibility index (Phi) is 3.64. The molecule has 0 saturated heterocycles. The SMILES string of the molecule is O=c1oc2ccccc2n1-c1ccc(-c2nc3ccc(C(F)(F)F)cc3[nH]2)cc1. The van der Waals surface area contributed by atoms with E-state index < -0.39 is 17.5 Å². The average Bonchev–Trinajstić information content (AvgIpc) is 3.27. The van der Waals surface area contributed by atoms with Crippen LogP contribution in [0.1, 0.15) is 5.56 Å². The van der Waals surface area contributed by atoms with Gasteiger partial charge in [-0.15, -0.1) is 0 Å². The Morgan fingerprint density at radius 1 is 0.966 bits per heavy atom. The van der Waals surface area contributed by atoms with Crippen LogP contribution in [-0.2, 0) is 6.18 Å². The summed E-state index contributed by atoms with van der Waals surface area (Å²) >= 11 is 0. The lowest BCUT2D eigenvalue weighted by atomic mass is 10.2. The molecular formula is C21H12F3N3O2. The monoisotopic (exact) mass is 395 g/mol. The number of aromatic nitrogens is 3. The summed E-state index contributed by atoms with van der Waals surface area (Å²) in [5, 5.41) is 0. The summed E-state index contributed by atoms with van der Waals surface area (Å²) in [4.78, 5) is 19.5. The summed E-state index contributed by atoms with van der Waals surface area (Å²) in [6.45, 7) is 0. The van der Waals surface area contributed by atoms with Crippen molar-refractivity contribution in [3.8, 4) is 17.1 Å². The second-order valence-corrected chi connectivity index (χ2v) is 6.53. The number of H-pyrrole nitrogens is 1. The Hall–Kier alpha value is -3.81. The highest BCUT2D eigenvalue weighted by atomic mass is 19.4. The van der Waals surface area contributed by atoms with Gasteiger partial charge in [-0.25, -0.2) is 14.3 Å². The molecule has 0 radical (unpaired) electrons. The Morgan fingerprint density at radius 3 is 2.48 bits per heavy atom. The summed E-state index contributed by atoms with van der Waals surface area (Å²) in [5.41, 5.74) is 2.43. The number of imidazole rings is 1. The van der Waals surface area contributed by atoms with Crippen molar-refractivity contribution in [2.45, 2.75) is 6.18 Å². The number of para-hydroxylation sites is 2. The maximum absolute atomic E-state index is 12.9. The number of alkyl halides is 3. The molecule has 0 unspecified atom stereocenters. The lowest BCUT2D eigenvalue weighted by Gasteiger charge is -2.05. The fourth-order valence-corrected chi connectivity index (χ4v) is 3.30. The topological polar surface area (TPSA) is 63.8 Å². The van der Waals surface area contributed by atoms with Crippen LogP contribution in [0.2, 0.25) is 0 Å². The van der Waals surface area contributed by atoms with Crippen molar-refractivity contribution in [2.24, 2.45) is 0 Å². The molecule has 0 bridgehead atoms. The van der Waals surface area contributed by atoms with Gasteiger partial charge in [0.1, 0.15) is 5.82 Å². The number of nitrogens with one attached hydrogen (secondary N) is 1. The molecule has 2 heterocycles. The van der Waals surface area contributed by atoms with E-state index in [1.807, 2.05) is 6.07 Å². The lowest BCUT2D eigenvalue weighted by Crippen LogP contribution is -2.11. The second kappa shape index (κ2) is 6.10. The Labute approximate surface area is 161 Å². The van der Waals surface area contributed by atoms with Crippen molar-refractivity contribution in [1.82, 2.24) is 14.5 Å². The zero-order valence-electron chi connectivity index (χ0n) is 14.7. The van der Waals surface area contributed by atoms with Gasteiger partial charge >= 0.3 is 11.9 Å². The molecule has 0 aliphatic carbocycles. The van der Waals surface area contributed by atoms with E-state index in [4.69, 9.17) is 4.42 Å². The molecule has 0 atom stereocenters. The van der Waals surface area contributed by atoms with Gasteiger partial charge in [-0.1, -0.05) is 12.1 Å². The molecule has 8 heteroatoms. The van der Waals surface area contributed by atoms with E-state index >= 15 is 0 Å². The molecule has 0 amide bonds. The van der Waals surface area contributed by atoms with Crippen LogP contribution >= 0.6 is 0 Å². The number of halogens is 3. The van der Waals surface area contributed by atoms with Gasteiger partial charge in [-0.3, -0.25) is 0 Å². The molecule has 0 spiro atoms. The number of benzene rings is 3. The van der Waals surface area contributed by atoms with Gasteiger partial charge in [0.25, 0.3) is 0 Å². The Morgan fingerprint density at radius 2 is 1.72 bits per heavy atom. The summed E-state index contributed by atoms with van der Waals surface area (Å²) in [5.74, 6) is -0.0577. The summed E-state index contributed by atoms with van der Waals surface area (Å²) < 4.78 is 45.4. The molecular weight excluding hydrogens is 383 g/mol. The molecule has 5 rings (SSSR count). The number of hydrogen-bond donors (Lipinski definition) is 1. The van der Waals surface area contributed by atoms with Gasteiger partial charge < -0.3 is 9.40 Å². The first-order valence-corrected chi connectivity index (χ1v) is 8.68. The molecule has 2 aromatic heterocycles. The van der Waals surface area contributed by atoms with Crippen LogP contribution in [0, 0.1) is 0 Å². The average molecular weight is 395 g/mol. The Balaban J connectivity index is 1.55. The molecule has 5 aromatic rings. The minimum absolute atomic E-state index is 0.302. The van der Waals surface area contributed by atoms with Crippen LogP contribution in [-0.4, -0.2) is 14.5 Å². The number of fused-ring (bicyclic) bond motifs is 2. The van der Waals surface area contributed by atoms with Gasteiger partial charge in [0.15, 0.2) is 5.58 Å². The molecule has 144 valence electrons. The van der Waals surface area contributed by atoms with Crippen molar-refractivity contribution in [3.05, 3.63) is 82.8 Å². The zero-order valence-corrected chi connectivity index (χ0v) is 14.7. The minimum atomic E-state index is -4.41. The predicted octanol–water partition coefficient (Wildman–Crippen LogP) is 5.15. The van der Waals surface area contributed by atoms with Gasteiger partial charge in [0.05, 0.1) is 27.8 Å². The highest BCUT2D eigenvalue weighted by molar-refractivity contribution is 5.80. The maximum atomic E-state index is 12.9. The predicted molar refractivity (Wildman–Crippen MR) is 102 cm³/mol. The first-order chi connectivity index (χ1) is 13.9. The molecule has 5 nitrogen and oxygen atoms in total. The van der Waals surface area contributed by atoms with Crippen molar-refractivity contribution in [1.29, 1.82) is 0 Å². The van der Waals surface area contributed by atoms with E-state index in [1.54, 1.807) is 42.5 Å². The maximum Gasteiger partial charge on any atom is 0.424 e.